The molecule has 2 aliphatic rings. The van der Waals surface area contributed by atoms with Gasteiger partial charge in [-0.25, -0.2) is 0 Å². The molecule has 1 spiro atoms. The van der Waals surface area contributed by atoms with Crippen molar-refractivity contribution in [2.75, 3.05) is 13.1 Å². The molecule has 2 aromatic rings. The van der Waals surface area contributed by atoms with Gasteiger partial charge in [0.1, 0.15) is 11.5 Å². The van der Waals surface area contributed by atoms with Gasteiger partial charge in [-0.3, -0.25) is 0 Å². The Labute approximate surface area is 183 Å². The van der Waals surface area contributed by atoms with Crippen molar-refractivity contribution in [3.05, 3.63) is 59.7 Å². The normalized spacial score (nSPS) is 26.3. The van der Waals surface area contributed by atoms with Crippen LogP contribution in [-0.2, 0) is 0 Å². The summed E-state index contributed by atoms with van der Waals surface area (Å²) in [5.74, 6) is -0.862. The van der Waals surface area contributed by atoms with Gasteiger partial charge in [0.25, 0.3) is 0 Å². The fourth-order valence-corrected chi connectivity index (χ4v) is 4.99. The molecule has 0 aliphatic carbocycles. The van der Waals surface area contributed by atoms with Crippen molar-refractivity contribution in [3.8, 4) is 11.5 Å². The van der Waals surface area contributed by atoms with Gasteiger partial charge >= 0.3 is 13.0 Å². The monoisotopic (exact) mass is 456 g/mol. The molecule has 3 atom stereocenters. The molecule has 4 nitrogen and oxygen atoms in total. The molecule has 0 bridgehead atoms. The molecule has 2 N–H and O–H groups in total. The summed E-state index contributed by atoms with van der Waals surface area (Å²) in [5, 5.41) is 7.20. The first-order valence-corrected chi connectivity index (χ1v) is 10.6. The highest BCUT2D eigenvalue weighted by Crippen LogP contribution is 2.44. The van der Waals surface area contributed by atoms with Crippen LogP contribution in [0.1, 0.15) is 48.8 Å². The number of piperidine rings is 2. The quantitative estimate of drug-likeness (QED) is 0.582. The molecule has 0 radical (unpaired) electrons. The van der Waals surface area contributed by atoms with E-state index in [2.05, 4.69) is 32.2 Å². The maximum atomic E-state index is 12.9. The zero-order valence-corrected chi connectivity index (χ0v) is 17.3. The van der Waals surface area contributed by atoms with Crippen molar-refractivity contribution in [1.82, 2.24) is 10.6 Å². The van der Waals surface area contributed by atoms with Crippen molar-refractivity contribution in [2.24, 2.45) is 0 Å². The first kappa shape index (κ1) is 22.8. The van der Waals surface area contributed by atoms with Crippen molar-refractivity contribution in [3.63, 3.8) is 0 Å². The maximum absolute atomic E-state index is 12.9. The van der Waals surface area contributed by atoms with E-state index in [-0.39, 0.29) is 28.8 Å². The third-order valence-corrected chi connectivity index (χ3v) is 6.34. The SMILES string of the molecule is FC(F)Oc1ccc(OC(F)(F)F)cc1[C@H]1CC[C@]2(CCCNC2c2ccccc2)NC1. The van der Waals surface area contributed by atoms with Crippen LogP contribution in [0.3, 0.4) is 0 Å². The van der Waals surface area contributed by atoms with Gasteiger partial charge in [0.2, 0.25) is 0 Å². The van der Waals surface area contributed by atoms with E-state index >= 15 is 0 Å². The lowest BCUT2D eigenvalue weighted by molar-refractivity contribution is -0.274. The minimum atomic E-state index is -4.87. The molecule has 2 saturated heterocycles. The Morgan fingerprint density at radius 2 is 1.81 bits per heavy atom. The number of halogens is 5. The molecule has 174 valence electrons. The maximum Gasteiger partial charge on any atom is 0.573 e. The zero-order chi connectivity index (χ0) is 22.8. The zero-order valence-electron chi connectivity index (χ0n) is 17.3. The van der Waals surface area contributed by atoms with Crippen LogP contribution in [0.25, 0.3) is 0 Å². The Hall–Kier alpha value is -2.39. The Morgan fingerprint density at radius 1 is 1.03 bits per heavy atom. The van der Waals surface area contributed by atoms with Crippen molar-refractivity contribution in [2.45, 2.75) is 56.2 Å². The molecule has 0 saturated carbocycles. The van der Waals surface area contributed by atoms with Gasteiger partial charge in [-0.1, -0.05) is 30.3 Å². The molecule has 2 heterocycles. The van der Waals surface area contributed by atoms with Gasteiger partial charge < -0.3 is 20.1 Å². The van der Waals surface area contributed by atoms with E-state index in [1.54, 1.807) is 0 Å². The van der Waals surface area contributed by atoms with Gasteiger partial charge in [0.05, 0.1) is 6.04 Å². The summed E-state index contributed by atoms with van der Waals surface area (Å²) in [6, 6.07) is 13.4. The second-order valence-corrected chi connectivity index (χ2v) is 8.30. The smallest absolute Gasteiger partial charge is 0.435 e. The average Bonchev–Trinajstić information content (AvgIpc) is 2.75. The highest BCUT2D eigenvalue weighted by Gasteiger charge is 2.44. The molecular weight excluding hydrogens is 431 g/mol. The first-order chi connectivity index (χ1) is 15.3. The molecule has 0 amide bonds. The summed E-state index contributed by atoms with van der Waals surface area (Å²) in [6.07, 6.45) is -1.57. The van der Waals surface area contributed by atoms with E-state index in [0.717, 1.165) is 44.0 Å². The van der Waals surface area contributed by atoms with Gasteiger partial charge in [-0.15, -0.1) is 13.2 Å². The number of nitrogens with one attached hydrogen (secondary N) is 2. The lowest BCUT2D eigenvalue weighted by Crippen LogP contribution is -2.60. The van der Waals surface area contributed by atoms with Gasteiger partial charge in [-0.05, 0) is 56.0 Å². The van der Waals surface area contributed by atoms with Crippen LogP contribution in [0.4, 0.5) is 22.0 Å². The lowest BCUT2D eigenvalue weighted by atomic mass is 9.71. The van der Waals surface area contributed by atoms with Gasteiger partial charge in [0.15, 0.2) is 0 Å². The van der Waals surface area contributed by atoms with Gasteiger partial charge in [-0.2, -0.15) is 8.78 Å². The summed E-state index contributed by atoms with van der Waals surface area (Å²) in [4.78, 5) is 0. The molecule has 4 rings (SSSR count). The van der Waals surface area contributed by atoms with Crippen LogP contribution < -0.4 is 20.1 Å². The fraction of sp³-hybridized carbons (Fsp3) is 0.478. The Bertz CT molecular complexity index is 899. The molecule has 2 aliphatic heterocycles. The third kappa shape index (κ3) is 5.15. The topological polar surface area (TPSA) is 42.5 Å². The largest absolute Gasteiger partial charge is 0.573 e. The standard InChI is InChI=1S/C23H25F5N2O2/c24-21(25)31-19-8-7-17(32-23(26,27)28)13-18(19)16-9-11-22(30-14-16)10-4-12-29-20(22)15-5-2-1-3-6-15/h1-3,5-8,13,16,20-21,29-30H,4,9-12,14H2/t16-,20?,22-/m0/s1. The summed E-state index contributed by atoms with van der Waals surface area (Å²) >= 11 is 0. The molecule has 32 heavy (non-hydrogen) atoms. The number of rotatable bonds is 5. The Kier molecular flexibility index (Phi) is 6.57. The van der Waals surface area contributed by atoms with Crippen LogP contribution in [0, 0.1) is 0 Å². The predicted molar refractivity (Wildman–Crippen MR) is 109 cm³/mol. The van der Waals surface area contributed by atoms with Crippen molar-refractivity contribution < 1.29 is 31.4 Å². The van der Waals surface area contributed by atoms with Gasteiger partial charge in [0, 0.05) is 23.6 Å². The van der Waals surface area contributed by atoms with Crippen LogP contribution >= 0.6 is 0 Å². The number of benzene rings is 2. The lowest BCUT2D eigenvalue weighted by Gasteiger charge is -2.50. The number of hydrogen-bond donors (Lipinski definition) is 2. The Balaban J connectivity index is 1.56. The third-order valence-electron chi connectivity index (χ3n) is 6.34. The van der Waals surface area contributed by atoms with Crippen LogP contribution in [-0.4, -0.2) is 31.6 Å². The molecule has 2 aromatic carbocycles. The van der Waals surface area contributed by atoms with Crippen LogP contribution in [0.5, 0.6) is 11.5 Å². The fourth-order valence-electron chi connectivity index (χ4n) is 4.99. The summed E-state index contributed by atoms with van der Waals surface area (Å²) in [7, 11) is 0. The molecular formula is C23H25F5N2O2. The van der Waals surface area contributed by atoms with Crippen molar-refractivity contribution >= 4 is 0 Å². The average molecular weight is 456 g/mol. The summed E-state index contributed by atoms with van der Waals surface area (Å²) < 4.78 is 72.4. The molecule has 9 heteroatoms. The minimum Gasteiger partial charge on any atom is -0.435 e. The van der Waals surface area contributed by atoms with E-state index in [9.17, 15) is 22.0 Å². The molecule has 0 aromatic heterocycles. The molecule has 1 unspecified atom stereocenters. The van der Waals surface area contributed by atoms with Crippen LogP contribution in [0.2, 0.25) is 0 Å². The van der Waals surface area contributed by atoms with Crippen LogP contribution in [0.15, 0.2) is 48.5 Å². The highest BCUT2D eigenvalue weighted by atomic mass is 19.4. The molecule has 2 fully saturated rings. The summed E-state index contributed by atoms with van der Waals surface area (Å²) in [5.41, 5.74) is 1.25. The number of ether oxygens (including phenoxy) is 2. The number of hydrogen-bond acceptors (Lipinski definition) is 4. The van der Waals surface area contributed by atoms with Crippen molar-refractivity contribution in [1.29, 1.82) is 0 Å². The first-order valence-electron chi connectivity index (χ1n) is 10.6. The van der Waals surface area contributed by atoms with E-state index in [1.807, 2.05) is 18.2 Å². The van der Waals surface area contributed by atoms with E-state index in [0.29, 0.717) is 13.0 Å². The summed E-state index contributed by atoms with van der Waals surface area (Å²) in [6.45, 7) is -1.74. The van der Waals surface area contributed by atoms with E-state index < -0.39 is 18.7 Å². The van der Waals surface area contributed by atoms with E-state index in [4.69, 9.17) is 0 Å². The highest BCUT2D eigenvalue weighted by molar-refractivity contribution is 5.43. The minimum absolute atomic E-state index is 0.0927. The number of alkyl halides is 5. The second kappa shape index (κ2) is 9.23. The second-order valence-electron chi connectivity index (χ2n) is 8.30. The van der Waals surface area contributed by atoms with E-state index in [1.165, 1.54) is 5.56 Å². The predicted octanol–water partition coefficient (Wildman–Crippen LogP) is 5.52. The Morgan fingerprint density at radius 3 is 2.47 bits per heavy atom.